The molecule has 230 valence electrons. The van der Waals surface area contributed by atoms with Crippen LogP contribution in [0.4, 0.5) is 0 Å². The molecule has 16 heteroatoms. The number of hydrogen-bond acceptors (Lipinski definition) is 16. The van der Waals surface area contributed by atoms with Gasteiger partial charge in [-0.15, -0.1) is 0 Å². The van der Waals surface area contributed by atoms with Crippen LogP contribution >= 0.6 is 0 Å². The number of rotatable bonds is 15. The second kappa shape index (κ2) is 24.4. The highest BCUT2D eigenvalue weighted by Gasteiger charge is 2.30. The van der Waals surface area contributed by atoms with E-state index < -0.39 is 99.3 Å². The highest BCUT2D eigenvalue weighted by molar-refractivity contribution is 4.80. The molecule has 0 spiro atoms. The van der Waals surface area contributed by atoms with Gasteiger partial charge < -0.3 is 81.7 Å². The maximum Gasteiger partial charge on any atom is 0.111 e. The van der Waals surface area contributed by atoms with Crippen molar-refractivity contribution in [3.63, 3.8) is 0 Å². The van der Waals surface area contributed by atoms with Crippen molar-refractivity contribution in [2.24, 2.45) is 11.8 Å². The summed E-state index contributed by atoms with van der Waals surface area (Å²) in [6.07, 6.45) is -14.4. The predicted molar refractivity (Wildman–Crippen MR) is 128 cm³/mol. The first-order valence-corrected chi connectivity index (χ1v) is 11.1. The average molecular weight is 559 g/mol. The minimum Gasteiger partial charge on any atom is -0.396 e. The lowest BCUT2D eigenvalue weighted by atomic mass is 9.97. The van der Waals surface area contributed by atoms with E-state index in [9.17, 15) is 10.2 Å². The Hall–Kier alpha value is -0.640. The van der Waals surface area contributed by atoms with E-state index in [1.54, 1.807) is 0 Å². The van der Waals surface area contributed by atoms with Crippen LogP contribution < -0.4 is 0 Å². The number of hydrogen-bond donors (Lipinski definition) is 16. The van der Waals surface area contributed by atoms with Crippen LogP contribution in [0.15, 0.2) is 0 Å². The SMILES string of the molecule is C.CC(CO)C(O)C(O)C(O)CO.CC(CO)C(O)C(O)C(O)CO.OCC(O)C(O)C(O)C(O)CO. The zero-order valence-electron chi connectivity index (χ0n) is 20.3. The van der Waals surface area contributed by atoms with Crippen LogP contribution in [0.1, 0.15) is 21.3 Å². The van der Waals surface area contributed by atoms with Gasteiger partial charge in [-0.25, -0.2) is 0 Å². The zero-order valence-corrected chi connectivity index (χ0v) is 20.3. The first-order chi connectivity index (χ1) is 16.6. The maximum atomic E-state index is 9.21. The zero-order chi connectivity index (χ0) is 29.2. The van der Waals surface area contributed by atoms with E-state index in [4.69, 9.17) is 71.5 Å². The summed E-state index contributed by atoms with van der Waals surface area (Å²) in [5, 5.41) is 141. The van der Waals surface area contributed by atoms with Gasteiger partial charge in [0.05, 0.1) is 38.6 Å². The molecule has 0 aromatic heterocycles. The van der Waals surface area contributed by atoms with Crippen molar-refractivity contribution in [3.05, 3.63) is 0 Å². The summed E-state index contributed by atoms with van der Waals surface area (Å²) < 4.78 is 0. The van der Waals surface area contributed by atoms with E-state index in [0.717, 1.165) is 0 Å². The van der Waals surface area contributed by atoms with Crippen LogP contribution in [-0.4, -0.2) is 182 Å². The fourth-order valence-electron chi connectivity index (χ4n) is 2.23. The van der Waals surface area contributed by atoms with Crippen LogP contribution in [0, 0.1) is 11.8 Å². The van der Waals surface area contributed by atoms with E-state index in [1.807, 2.05) is 0 Å². The fraction of sp³-hybridized carbons (Fsp3) is 1.00. The molecule has 16 N–H and O–H groups in total. The highest BCUT2D eigenvalue weighted by atomic mass is 16.4. The molecule has 0 amide bonds. The van der Waals surface area contributed by atoms with E-state index >= 15 is 0 Å². The molecule has 0 saturated carbocycles. The Bertz CT molecular complexity index is 381. The third-order valence-corrected chi connectivity index (χ3v) is 5.12. The Morgan fingerprint density at radius 1 is 0.324 bits per heavy atom. The molecule has 16 nitrogen and oxygen atoms in total. The molecule has 0 heterocycles. The number of aliphatic hydroxyl groups excluding tert-OH is 16. The van der Waals surface area contributed by atoms with Crippen molar-refractivity contribution < 1.29 is 81.7 Å². The molecule has 0 aromatic rings. The Kier molecular flexibility index (Phi) is 28.6. The highest BCUT2D eigenvalue weighted by Crippen LogP contribution is 2.10. The molecular formula is C21H50O16. The first-order valence-electron chi connectivity index (χ1n) is 11.1. The lowest BCUT2D eigenvalue weighted by Gasteiger charge is -2.25. The van der Waals surface area contributed by atoms with Crippen LogP contribution in [0.5, 0.6) is 0 Å². The largest absolute Gasteiger partial charge is 0.396 e. The predicted octanol–water partition coefficient (Wildman–Crippen LogP) is -7.57. The molecule has 0 bridgehead atoms. The van der Waals surface area contributed by atoms with Crippen molar-refractivity contribution in [3.8, 4) is 0 Å². The summed E-state index contributed by atoms with van der Waals surface area (Å²) in [4.78, 5) is 0. The Morgan fingerprint density at radius 3 is 0.622 bits per heavy atom. The Morgan fingerprint density at radius 2 is 0.486 bits per heavy atom. The van der Waals surface area contributed by atoms with E-state index in [1.165, 1.54) is 13.8 Å². The van der Waals surface area contributed by atoms with Gasteiger partial charge in [0.15, 0.2) is 0 Å². The van der Waals surface area contributed by atoms with Gasteiger partial charge in [-0.2, -0.15) is 0 Å². The molecule has 0 fully saturated rings. The molecule has 0 aliphatic rings. The summed E-state index contributed by atoms with van der Waals surface area (Å²) in [7, 11) is 0. The second-order valence-electron chi connectivity index (χ2n) is 8.26. The standard InChI is InChI=1S/2C7H16O5.C6H14O6.CH4/c2*1-4(2-8)6(11)7(12)5(10)3-9;7-1-3(9)5(11)6(12)4(10)2-8;/h2*4-12H,2-3H2,1H3;3-12H,1-2H2;1H4. The molecule has 12 atom stereocenters. The van der Waals surface area contributed by atoms with Gasteiger partial charge in [0, 0.05) is 25.0 Å². The topological polar surface area (TPSA) is 324 Å². The summed E-state index contributed by atoms with van der Waals surface area (Å²) in [6.45, 7) is -0.192. The van der Waals surface area contributed by atoms with Crippen LogP contribution in [0.2, 0.25) is 0 Å². The van der Waals surface area contributed by atoms with Gasteiger partial charge in [0.25, 0.3) is 0 Å². The Labute approximate surface area is 216 Å². The van der Waals surface area contributed by atoms with Crippen LogP contribution in [0.25, 0.3) is 0 Å². The lowest BCUT2D eigenvalue weighted by Crippen LogP contribution is -2.46. The fourth-order valence-corrected chi connectivity index (χ4v) is 2.23. The molecule has 0 aliphatic heterocycles. The van der Waals surface area contributed by atoms with E-state index in [-0.39, 0.29) is 20.6 Å². The summed E-state index contributed by atoms with van der Waals surface area (Å²) >= 11 is 0. The van der Waals surface area contributed by atoms with Crippen LogP contribution in [-0.2, 0) is 0 Å². The van der Waals surface area contributed by atoms with Gasteiger partial charge in [-0.05, 0) is 0 Å². The number of aliphatic hydroxyl groups is 16. The molecule has 0 rings (SSSR count). The summed E-state index contributed by atoms with van der Waals surface area (Å²) in [5.41, 5.74) is 0. The van der Waals surface area contributed by atoms with Crippen molar-refractivity contribution in [2.45, 2.75) is 82.3 Å². The molecule has 0 saturated heterocycles. The van der Waals surface area contributed by atoms with Gasteiger partial charge in [-0.3, -0.25) is 0 Å². The Balaban J connectivity index is -0.000000218. The van der Waals surface area contributed by atoms with Crippen molar-refractivity contribution in [2.75, 3.05) is 39.6 Å². The van der Waals surface area contributed by atoms with Gasteiger partial charge in [0.1, 0.15) is 48.8 Å². The molecule has 0 aromatic carbocycles. The smallest absolute Gasteiger partial charge is 0.111 e. The molecule has 37 heavy (non-hydrogen) atoms. The van der Waals surface area contributed by atoms with Crippen molar-refractivity contribution >= 4 is 0 Å². The third-order valence-electron chi connectivity index (χ3n) is 5.12. The summed E-state index contributed by atoms with van der Waals surface area (Å²) in [5.74, 6) is -1.05. The second-order valence-corrected chi connectivity index (χ2v) is 8.26. The minimum absolute atomic E-state index is 0. The quantitative estimate of drug-likeness (QED) is 0.0886. The maximum absolute atomic E-state index is 9.21. The first kappa shape index (κ1) is 43.4. The molecule has 0 aliphatic carbocycles. The van der Waals surface area contributed by atoms with E-state index in [2.05, 4.69) is 0 Å². The van der Waals surface area contributed by atoms with Crippen molar-refractivity contribution in [1.82, 2.24) is 0 Å². The van der Waals surface area contributed by atoms with Crippen molar-refractivity contribution in [1.29, 1.82) is 0 Å². The van der Waals surface area contributed by atoms with Crippen LogP contribution in [0.3, 0.4) is 0 Å². The summed E-state index contributed by atoms with van der Waals surface area (Å²) in [6, 6.07) is 0. The average Bonchev–Trinajstić information content (AvgIpc) is 2.92. The van der Waals surface area contributed by atoms with E-state index in [0.29, 0.717) is 0 Å². The minimum atomic E-state index is -1.67. The third kappa shape index (κ3) is 17.5. The molecule has 0 radical (unpaired) electrons. The van der Waals surface area contributed by atoms with Gasteiger partial charge in [0.2, 0.25) is 0 Å². The van der Waals surface area contributed by atoms with Gasteiger partial charge in [-0.1, -0.05) is 21.3 Å². The lowest BCUT2D eigenvalue weighted by molar-refractivity contribution is -0.123. The monoisotopic (exact) mass is 558 g/mol. The molecule has 12 unspecified atom stereocenters. The van der Waals surface area contributed by atoms with Gasteiger partial charge >= 0.3 is 0 Å². The molecular weight excluding hydrogens is 508 g/mol. The normalized spacial score (nSPS) is 20.9.